The van der Waals surface area contributed by atoms with Crippen LogP contribution < -0.4 is 0 Å². The lowest BCUT2D eigenvalue weighted by molar-refractivity contribution is -0.00131. The molecule has 25 heavy (non-hydrogen) atoms. The molecule has 3 fully saturated rings. The van der Waals surface area contributed by atoms with Gasteiger partial charge in [0.05, 0.1) is 26.4 Å². The lowest BCUT2D eigenvalue weighted by atomic mass is 9.90. The third kappa shape index (κ3) is 4.22. The number of hydrogen-bond acceptors (Lipinski definition) is 6. The first kappa shape index (κ1) is 20.0. The van der Waals surface area contributed by atoms with E-state index in [9.17, 15) is 9.13 Å². The molecule has 0 aromatic rings. The van der Waals surface area contributed by atoms with Gasteiger partial charge in [0.15, 0.2) is 0 Å². The van der Waals surface area contributed by atoms with E-state index in [1.165, 1.54) is 0 Å². The van der Waals surface area contributed by atoms with Crippen molar-refractivity contribution in [3.05, 3.63) is 0 Å². The molecule has 0 amide bonds. The van der Waals surface area contributed by atoms with E-state index in [1.54, 1.807) is 9.34 Å². The van der Waals surface area contributed by atoms with Crippen molar-refractivity contribution in [2.24, 2.45) is 10.8 Å². The van der Waals surface area contributed by atoms with Crippen molar-refractivity contribution in [1.29, 1.82) is 0 Å². The molecule has 0 aliphatic carbocycles. The molecule has 0 atom stereocenters. The molecule has 146 valence electrons. The van der Waals surface area contributed by atoms with E-state index in [4.69, 9.17) is 18.1 Å². The Labute approximate surface area is 150 Å². The van der Waals surface area contributed by atoms with Crippen LogP contribution in [0, 0.1) is 10.8 Å². The van der Waals surface area contributed by atoms with E-state index < -0.39 is 15.5 Å². The van der Waals surface area contributed by atoms with E-state index in [0.717, 1.165) is 6.42 Å². The minimum atomic E-state index is -3.26. The van der Waals surface area contributed by atoms with Crippen molar-refractivity contribution in [3.63, 3.8) is 0 Å². The van der Waals surface area contributed by atoms with E-state index >= 15 is 0 Å². The molecular formula is C15H30N2O6P2. The topological polar surface area (TPSA) is 77.5 Å². The minimum absolute atomic E-state index is 0.0864. The highest BCUT2D eigenvalue weighted by Gasteiger charge is 2.47. The van der Waals surface area contributed by atoms with E-state index in [-0.39, 0.29) is 10.8 Å². The van der Waals surface area contributed by atoms with Gasteiger partial charge >= 0.3 is 15.5 Å². The predicted octanol–water partition coefficient (Wildman–Crippen LogP) is 3.36. The highest BCUT2D eigenvalue weighted by atomic mass is 31.2. The third-order valence-corrected chi connectivity index (χ3v) is 9.18. The van der Waals surface area contributed by atoms with Crippen molar-refractivity contribution in [2.75, 3.05) is 52.6 Å². The molecule has 3 saturated heterocycles. The molecule has 0 radical (unpaired) electrons. The molecule has 3 heterocycles. The summed E-state index contributed by atoms with van der Waals surface area (Å²) in [5.74, 6) is 0. The van der Waals surface area contributed by atoms with Gasteiger partial charge in [0.1, 0.15) is 0 Å². The van der Waals surface area contributed by atoms with Crippen molar-refractivity contribution >= 4 is 15.5 Å². The van der Waals surface area contributed by atoms with Gasteiger partial charge in [-0.05, 0) is 6.42 Å². The average molecular weight is 396 g/mol. The normalized spacial score (nSPS) is 40.0. The zero-order chi connectivity index (χ0) is 18.3. The summed E-state index contributed by atoms with van der Waals surface area (Å²) >= 11 is 0. The van der Waals surface area contributed by atoms with Crippen LogP contribution in [0.1, 0.15) is 34.1 Å². The van der Waals surface area contributed by atoms with Gasteiger partial charge in [0, 0.05) is 37.0 Å². The number of nitrogens with zero attached hydrogens (tertiary/aromatic N) is 2. The molecule has 3 aliphatic rings. The standard InChI is InChI=1S/C15H30N2O6P2/c1-5-15(4)12-22-25(19,23-13-15)17-8-6-16(7-9-17)24(18)20-10-14(2,3)11-21-24/h5-13H2,1-4H3. The lowest BCUT2D eigenvalue weighted by Crippen LogP contribution is -2.47. The maximum Gasteiger partial charge on any atom is 0.408 e. The molecule has 0 N–H and O–H groups in total. The molecule has 0 spiro atoms. The van der Waals surface area contributed by atoms with Crippen LogP contribution in [0.4, 0.5) is 0 Å². The molecule has 3 aliphatic heterocycles. The maximum atomic E-state index is 13.0. The molecule has 0 aromatic carbocycles. The Hall–Kier alpha value is 0.220. The molecule has 8 nitrogen and oxygen atoms in total. The summed E-state index contributed by atoms with van der Waals surface area (Å²) in [6.07, 6.45) is 0.912. The second-order valence-corrected chi connectivity index (χ2v) is 12.3. The Morgan fingerprint density at radius 2 is 1.12 bits per heavy atom. The van der Waals surface area contributed by atoms with Gasteiger partial charge in [0.2, 0.25) is 0 Å². The summed E-state index contributed by atoms with van der Waals surface area (Å²) in [7, 11) is -6.50. The molecule has 0 aromatic heterocycles. The summed E-state index contributed by atoms with van der Waals surface area (Å²) in [5, 5.41) is 0. The molecule has 10 heteroatoms. The molecule has 3 rings (SSSR count). The second-order valence-electron chi connectivity index (χ2n) is 8.27. The second kappa shape index (κ2) is 6.99. The predicted molar refractivity (Wildman–Crippen MR) is 94.3 cm³/mol. The Morgan fingerprint density at radius 1 is 0.760 bits per heavy atom. The largest absolute Gasteiger partial charge is 0.408 e. The van der Waals surface area contributed by atoms with Gasteiger partial charge < -0.3 is 0 Å². The van der Waals surface area contributed by atoms with Crippen LogP contribution in [0.2, 0.25) is 0 Å². The van der Waals surface area contributed by atoms with Crippen molar-refractivity contribution in [3.8, 4) is 0 Å². The SMILES string of the molecule is CCC1(C)COP(=O)(N2CCN(P3(=O)OCC(C)(C)CO3)CC2)OC1. The molecule has 0 bridgehead atoms. The first-order valence-electron chi connectivity index (χ1n) is 8.89. The van der Waals surface area contributed by atoms with Crippen LogP contribution in [-0.4, -0.2) is 61.9 Å². The van der Waals surface area contributed by atoms with Crippen molar-refractivity contribution in [2.45, 2.75) is 34.1 Å². The lowest BCUT2D eigenvalue weighted by Gasteiger charge is -2.44. The van der Waals surface area contributed by atoms with Crippen LogP contribution >= 0.6 is 15.5 Å². The van der Waals surface area contributed by atoms with Gasteiger partial charge in [-0.3, -0.25) is 18.1 Å². The Balaban J connectivity index is 1.56. The Morgan fingerprint density at radius 3 is 1.48 bits per heavy atom. The zero-order valence-corrected chi connectivity index (χ0v) is 17.4. The van der Waals surface area contributed by atoms with Gasteiger partial charge in [-0.25, -0.2) is 18.5 Å². The summed E-state index contributed by atoms with van der Waals surface area (Å²) in [6, 6.07) is 0. The van der Waals surface area contributed by atoms with E-state index in [1.807, 2.05) is 13.8 Å². The fourth-order valence-corrected chi connectivity index (χ4v) is 6.97. The summed E-state index contributed by atoms with van der Waals surface area (Å²) in [6.45, 7) is 11.6. The Kier molecular flexibility index (Phi) is 5.58. The fourth-order valence-electron chi connectivity index (χ4n) is 2.85. The van der Waals surface area contributed by atoms with Gasteiger partial charge in [-0.15, -0.1) is 0 Å². The molecule has 0 saturated carbocycles. The fraction of sp³-hybridized carbons (Fsp3) is 1.00. The summed E-state index contributed by atoms with van der Waals surface area (Å²) < 4.78 is 51.8. The van der Waals surface area contributed by atoms with Gasteiger partial charge in [0.25, 0.3) is 0 Å². The first-order chi connectivity index (χ1) is 11.6. The monoisotopic (exact) mass is 396 g/mol. The van der Waals surface area contributed by atoms with Crippen molar-refractivity contribution in [1.82, 2.24) is 9.34 Å². The minimum Gasteiger partial charge on any atom is -0.296 e. The van der Waals surface area contributed by atoms with Crippen LogP contribution in [0.25, 0.3) is 0 Å². The molecular weight excluding hydrogens is 366 g/mol. The smallest absolute Gasteiger partial charge is 0.296 e. The summed E-state index contributed by atoms with van der Waals surface area (Å²) in [4.78, 5) is 0. The molecule has 0 unspecified atom stereocenters. The number of piperazine rings is 1. The van der Waals surface area contributed by atoms with E-state index in [2.05, 4.69) is 13.8 Å². The van der Waals surface area contributed by atoms with Gasteiger partial charge in [-0.2, -0.15) is 0 Å². The van der Waals surface area contributed by atoms with Gasteiger partial charge in [-0.1, -0.05) is 27.7 Å². The third-order valence-electron chi connectivity index (χ3n) is 5.17. The van der Waals surface area contributed by atoms with Crippen LogP contribution in [0.15, 0.2) is 0 Å². The maximum absolute atomic E-state index is 13.0. The summed E-state index contributed by atoms with van der Waals surface area (Å²) in [5.41, 5.74) is -0.215. The van der Waals surface area contributed by atoms with Crippen LogP contribution in [0.5, 0.6) is 0 Å². The highest BCUT2D eigenvalue weighted by Crippen LogP contribution is 2.60. The Bertz CT molecular complexity index is 565. The zero-order valence-electron chi connectivity index (χ0n) is 15.6. The number of rotatable bonds is 3. The quantitative estimate of drug-likeness (QED) is 0.672. The average Bonchev–Trinajstić information content (AvgIpc) is 2.61. The first-order valence-corrected chi connectivity index (χ1v) is 11.9. The van der Waals surface area contributed by atoms with Crippen LogP contribution in [0.3, 0.4) is 0 Å². The van der Waals surface area contributed by atoms with Crippen molar-refractivity contribution < 1.29 is 27.2 Å². The van der Waals surface area contributed by atoms with E-state index in [0.29, 0.717) is 52.6 Å². The van der Waals surface area contributed by atoms with Crippen LogP contribution in [-0.2, 0) is 27.2 Å². The number of hydrogen-bond donors (Lipinski definition) is 0. The highest BCUT2D eigenvalue weighted by molar-refractivity contribution is 7.51.